The fraction of sp³-hybridized carbons (Fsp3) is 0.917. The van der Waals surface area contributed by atoms with Crippen molar-refractivity contribution < 1.29 is 23.7 Å². The van der Waals surface area contributed by atoms with Gasteiger partial charge in [-0.05, 0) is 20.3 Å². The van der Waals surface area contributed by atoms with Gasteiger partial charge < -0.3 is 18.9 Å². The molecule has 0 saturated heterocycles. The molecule has 5 heteroatoms. The van der Waals surface area contributed by atoms with E-state index in [9.17, 15) is 4.79 Å². The Morgan fingerprint density at radius 2 is 1.59 bits per heavy atom. The predicted octanol–water partition coefficient (Wildman–Crippen LogP) is 1.40. The largest absolute Gasteiger partial charge is 0.464 e. The third-order valence-corrected chi connectivity index (χ3v) is 1.93. The predicted molar refractivity (Wildman–Crippen MR) is 64.0 cm³/mol. The van der Waals surface area contributed by atoms with Crippen molar-refractivity contribution in [2.75, 3.05) is 39.6 Å². The zero-order valence-corrected chi connectivity index (χ0v) is 11.1. The zero-order valence-electron chi connectivity index (χ0n) is 11.1. The third-order valence-electron chi connectivity index (χ3n) is 1.93. The minimum absolute atomic E-state index is 0.334. The van der Waals surface area contributed by atoms with Crippen LogP contribution in [0.1, 0.15) is 27.2 Å². The molecule has 0 aromatic carbocycles. The number of hydrogen-bond donors (Lipinski definition) is 0. The van der Waals surface area contributed by atoms with Crippen molar-refractivity contribution in [2.24, 2.45) is 0 Å². The summed E-state index contributed by atoms with van der Waals surface area (Å²) in [6, 6.07) is 0. The van der Waals surface area contributed by atoms with E-state index in [1.165, 1.54) is 0 Å². The average molecular weight is 248 g/mol. The molecule has 0 aliphatic rings. The molecule has 0 radical (unpaired) electrons. The van der Waals surface area contributed by atoms with Gasteiger partial charge in [0.05, 0.1) is 33.0 Å². The lowest BCUT2D eigenvalue weighted by atomic mass is 10.4. The lowest BCUT2D eigenvalue weighted by Gasteiger charge is -2.11. The van der Waals surface area contributed by atoms with Crippen LogP contribution in [-0.4, -0.2) is 51.7 Å². The summed E-state index contributed by atoms with van der Waals surface area (Å²) in [5.74, 6) is -0.334. The van der Waals surface area contributed by atoms with Gasteiger partial charge in [0.15, 0.2) is 6.10 Å². The van der Waals surface area contributed by atoms with Gasteiger partial charge in [-0.25, -0.2) is 4.79 Å². The van der Waals surface area contributed by atoms with Gasteiger partial charge in [0.2, 0.25) is 0 Å². The fourth-order valence-electron chi connectivity index (χ4n) is 1.08. The first-order valence-electron chi connectivity index (χ1n) is 6.16. The first-order valence-corrected chi connectivity index (χ1v) is 6.16. The molecule has 0 heterocycles. The number of ether oxygens (including phenoxy) is 4. The SMILES string of the molecule is CCCOCCOCCOC(C)C(=O)OCC. The van der Waals surface area contributed by atoms with Crippen LogP contribution < -0.4 is 0 Å². The van der Waals surface area contributed by atoms with Crippen LogP contribution in [0.5, 0.6) is 0 Å². The van der Waals surface area contributed by atoms with E-state index in [1.54, 1.807) is 13.8 Å². The molecule has 5 nitrogen and oxygen atoms in total. The molecule has 0 aromatic heterocycles. The van der Waals surface area contributed by atoms with Crippen LogP contribution in [0, 0.1) is 0 Å². The molecule has 102 valence electrons. The molecular formula is C12H24O5. The number of rotatable bonds is 11. The summed E-state index contributed by atoms with van der Waals surface area (Å²) in [6.07, 6.45) is 0.482. The lowest BCUT2D eigenvalue weighted by molar-refractivity contribution is -0.156. The average Bonchev–Trinajstić information content (AvgIpc) is 2.32. The maximum absolute atomic E-state index is 11.2. The van der Waals surface area contributed by atoms with E-state index >= 15 is 0 Å². The Kier molecular flexibility index (Phi) is 11.4. The van der Waals surface area contributed by atoms with Gasteiger partial charge in [0, 0.05) is 6.61 Å². The van der Waals surface area contributed by atoms with Gasteiger partial charge in [-0.1, -0.05) is 6.92 Å². The fourth-order valence-corrected chi connectivity index (χ4v) is 1.08. The molecule has 0 amide bonds. The van der Waals surface area contributed by atoms with Crippen LogP contribution in [0.25, 0.3) is 0 Å². The van der Waals surface area contributed by atoms with Gasteiger partial charge in [-0.2, -0.15) is 0 Å². The molecule has 1 atom stereocenters. The lowest BCUT2D eigenvalue weighted by Crippen LogP contribution is -2.25. The standard InChI is InChI=1S/C12H24O5/c1-4-6-14-7-8-15-9-10-17-11(3)12(13)16-5-2/h11H,4-10H2,1-3H3. The summed E-state index contributed by atoms with van der Waals surface area (Å²) in [4.78, 5) is 11.2. The monoisotopic (exact) mass is 248 g/mol. The summed E-state index contributed by atoms with van der Waals surface area (Å²) in [5, 5.41) is 0. The van der Waals surface area contributed by atoms with Crippen molar-refractivity contribution in [3.8, 4) is 0 Å². The van der Waals surface area contributed by atoms with Crippen molar-refractivity contribution >= 4 is 5.97 Å². The molecule has 0 spiro atoms. The highest BCUT2D eigenvalue weighted by atomic mass is 16.6. The van der Waals surface area contributed by atoms with Crippen LogP contribution in [0.15, 0.2) is 0 Å². The Bertz CT molecular complexity index is 184. The van der Waals surface area contributed by atoms with E-state index in [1.807, 2.05) is 0 Å². The molecule has 1 unspecified atom stereocenters. The third kappa shape index (κ3) is 10.2. The second-order valence-electron chi connectivity index (χ2n) is 3.49. The Balaban J connectivity index is 3.24. The Hall–Kier alpha value is -0.650. The molecule has 0 aliphatic heterocycles. The van der Waals surface area contributed by atoms with Crippen LogP contribution in [0.3, 0.4) is 0 Å². The topological polar surface area (TPSA) is 54.0 Å². The summed E-state index contributed by atoms with van der Waals surface area (Å²) >= 11 is 0. The van der Waals surface area contributed by atoms with Crippen LogP contribution in [0.2, 0.25) is 0 Å². The van der Waals surface area contributed by atoms with E-state index in [2.05, 4.69) is 6.92 Å². The highest BCUT2D eigenvalue weighted by Gasteiger charge is 2.13. The van der Waals surface area contributed by atoms with Gasteiger partial charge in [0.25, 0.3) is 0 Å². The number of hydrogen-bond acceptors (Lipinski definition) is 5. The number of carbonyl (C=O) groups is 1. The molecular weight excluding hydrogens is 224 g/mol. The first kappa shape index (κ1) is 16.4. The molecule has 17 heavy (non-hydrogen) atoms. The smallest absolute Gasteiger partial charge is 0.334 e. The van der Waals surface area contributed by atoms with Crippen molar-refractivity contribution in [1.29, 1.82) is 0 Å². The minimum atomic E-state index is -0.533. The summed E-state index contributed by atoms with van der Waals surface area (Å²) in [5.41, 5.74) is 0. The van der Waals surface area contributed by atoms with Crippen LogP contribution in [0.4, 0.5) is 0 Å². The van der Waals surface area contributed by atoms with Crippen molar-refractivity contribution in [3.63, 3.8) is 0 Å². The Morgan fingerprint density at radius 1 is 1.00 bits per heavy atom. The van der Waals surface area contributed by atoms with Gasteiger partial charge in [0.1, 0.15) is 0 Å². The van der Waals surface area contributed by atoms with Crippen molar-refractivity contribution in [1.82, 2.24) is 0 Å². The quantitative estimate of drug-likeness (QED) is 0.408. The second kappa shape index (κ2) is 11.8. The normalized spacial score (nSPS) is 12.4. The summed E-state index contributed by atoms with van der Waals surface area (Å²) < 4.78 is 20.6. The van der Waals surface area contributed by atoms with E-state index in [-0.39, 0.29) is 5.97 Å². The summed E-state index contributed by atoms with van der Waals surface area (Å²) in [7, 11) is 0. The molecule has 0 N–H and O–H groups in total. The molecule has 0 aliphatic carbocycles. The second-order valence-corrected chi connectivity index (χ2v) is 3.49. The zero-order chi connectivity index (χ0) is 12.9. The number of carbonyl (C=O) groups excluding carboxylic acids is 1. The van der Waals surface area contributed by atoms with E-state index in [4.69, 9.17) is 18.9 Å². The van der Waals surface area contributed by atoms with Gasteiger partial charge in [-0.3, -0.25) is 0 Å². The number of esters is 1. The molecule has 0 fully saturated rings. The molecule has 0 saturated carbocycles. The highest BCUT2D eigenvalue weighted by Crippen LogP contribution is 1.94. The van der Waals surface area contributed by atoms with Crippen LogP contribution in [-0.2, 0) is 23.7 Å². The molecule has 0 aromatic rings. The first-order chi connectivity index (χ1) is 8.22. The maximum atomic E-state index is 11.2. The Morgan fingerprint density at radius 3 is 2.18 bits per heavy atom. The summed E-state index contributed by atoms with van der Waals surface area (Å²) in [6.45, 7) is 8.63. The maximum Gasteiger partial charge on any atom is 0.334 e. The Labute approximate surface area is 103 Å². The molecule has 0 rings (SSSR count). The van der Waals surface area contributed by atoms with Gasteiger partial charge >= 0.3 is 5.97 Å². The van der Waals surface area contributed by atoms with E-state index in [0.29, 0.717) is 33.0 Å². The van der Waals surface area contributed by atoms with Crippen molar-refractivity contribution in [3.05, 3.63) is 0 Å². The van der Waals surface area contributed by atoms with E-state index in [0.717, 1.165) is 13.0 Å². The van der Waals surface area contributed by atoms with Gasteiger partial charge in [-0.15, -0.1) is 0 Å². The minimum Gasteiger partial charge on any atom is -0.464 e. The van der Waals surface area contributed by atoms with Crippen molar-refractivity contribution in [2.45, 2.75) is 33.3 Å². The van der Waals surface area contributed by atoms with Crippen LogP contribution >= 0.6 is 0 Å². The molecule has 0 bridgehead atoms. The highest BCUT2D eigenvalue weighted by molar-refractivity contribution is 5.74. The van der Waals surface area contributed by atoms with E-state index < -0.39 is 6.10 Å².